The number of nitrogens with zero attached hydrogens (tertiary/aromatic N) is 4. The highest BCUT2D eigenvalue weighted by molar-refractivity contribution is 6.28. The second kappa shape index (κ2) is 5.90. The van der Waals surface area contributed by atoms with Crippen LogP contribution in [0.2, 0.25) is 5.28 Å². The van der Waals surface area contributed by atoms with Crippen molar-refractivity contribution in [1.82, 2.24) is 15.0 Å². The lowest BCUT2D eigenvalue weighted by molar-refractivity contribution is 0.391. The molecule has 1 aromatic heterocycles. The van der Waals surface area contributed by atoms with E-state index in [0.717, 1.165) is 5.92 Å². The van der Waals surface area contributed by atoms with Gasteiger partial charge in [-0.1, -0.05) is 20.3 Å². The smallest absolute Gasteiger partial charge is 0.230 e. The number of halogens is 1. The Morgan fingerprint density at radius 2 is 2.00 bits per heavy atom. The minimum atomic E-state index is 0.235. The molecule has 1 heterocycles. The minimum absolute atomic E-state index is 0.235. The first-order valence-corrected chi connectivity index (χ1v) is 7.24. The molecule has 0 aliphatic heterocycles. The first-order valence-electron chi connectivity index (χ1n) is 6.86. The van der Waals surface area contributed by atoms with Crippen molar-refractivity contribution >= 4 is 23.5 Å². The third-order valence-corrected chi connectivity index (χ3v) is 4.23. The van der Waals surface area contributed by atoms with E-state index >= 15 is 0 Å². The Labute approximate surface area is 119 Å². The van der Waals surface area contributed by atoms with Crippen molar-refractivity contribution in [2.75, 3.05) is 24.3 Å². The maximum atomic E-state index is 5.94. The highest BCUT2D eigenvalue weighted by atomic mass is 35.5. The molecule has 5 nitrogen and oxygen atoms in total. The Balaban J connectivity index is 2.11. The van der Waals surface area contributed by atoms with E-state index in [1.807, 2.05) is 19.0 Å². The first kappa shape index (κ1) is 14.3. The van der Waals surface area contributed by atoms with Gasteiger partial charge in [-0.05, 0) is 36.3 Å². The molecule has 19 heavy (non-hydrogen) atoms. The number of aromatic nitrogens is 3. The number of hydrogen-bond acceptors (Lipinski definition) is 5. The van der Waals surface area contributed by atoms with Gasteiger partial charge in [0.1, 0.15) is 0 Å². The zero-order valence-electron chi connectivity index (χ0n) is 12.0. The lowest BCUT2D eigenvalue weighted by Gasteiger charge is -2.21. The fraction of sp³-hybridized carbons (Fsp3) is 0.769. The lowest BCUT2D eigenvalue weighted by atomic mass is 9.94. The summed E-state index contributed by atoms with van der Waals surface area (Å²) in [6, 6.07) is 0.429. The Hall–Kier alpha value is -1.10. The molecule has 0 radical (unpaired) electrons. The zero-order chi connectivity index (χ0) is 14.0. The van der Waals surface area contributed by atoms with Crippen LogP contribution in [0.15, 0.2) is 0 Å². The second-order valence-corrected chi connectivity index (χ2v) is 5.82. The fourth-order valence-corrected chi connectivity index (χ4v) is 2.95. The van der Waals surface area contributed by atoms with Crippen LogP contribution in [-0.2, 0) is 0 Å². The summed E-state index contributed by atoms with van der Waals surface area (Å²) in [5, 5.41) is 3.65. The molecular weight excluding hydrogens is 262 g/mol. The maximum Gasteiger partial charge on any atom is 0.230 e. The Bertz CT molecular complexity index is 437. The summed E-state index contributed by atoms with van der Waals surface area (Å²) in [6.45, 7) is 4.56. The van der Waals surface area contributed by atoms with Crippen LogP contribution >= 0.6 is 11.6 Å². The SMILES string of the molecule is CCC1CCC(Nc2nc(Cl)nc(N(C)C)n2)C1C. The van der Waals surface area contributed by atoms with Gasteiger partial charge in [0.2, 0.25) is 17.2 Å². The van der Waals surface area contributed by atoms with E-state index in [-0.39, 0.29) is 5.28 Å². The standard InChI is InChI=1S/C13H22ClN5/c1-5-9-6-7-10(8(9)2)15-12-16-11(14)17-13(18-12)19(3)4/h8-10H,5-7H2,1-4H3,(H,15,16,17,18). The van der Waals surface area contributed by atoms with Gasteiger partial charge in [-0.15, -0.1) is 0 Å². The average Bonchev–Trinajstić information content (AvgIpc) is 2.70. The summed E-state index contributed by atoms with van der Waals surface area (Å²) in [4.78, 5) is 14.5. The monoisotopic (exact) mass is 283 g/mol. The molecule has 0 aromatic carbocycles. The van der Waals surface area contributed by atoms with Gasteiger partial charge in [0, 0.05) is 20.1 Å². The highest BCUT2D eigenvalue weighted by Gasteiger charge is 2.32. The molecule has 106 valence electrons. The van der Waals surface area contributed by atoms with E-state index in [1.165, 1.54) is 19.3 Å². The van der Waals surface area contributed by atoms with Gasteiger partial charge in [0.15, 0.2) is 0 Å². The number of rotatable bonds is 4. The topological polar surface area (TPSA) is 53.9 Å². The Morgan fingerprint density at radius 3 is 2.58 bits per heavy atom. The molecule has 3 unspecified atom stereocenters. The molecule has 0 bridgehead atoms. The van der Waals surface area contributed by atoms with Crippen LogP contribution in [0.25, 0.3) is 0 Å². The number of hydrogen-bond donors (Lipinski definition) is 1. The van der Waals surface area contributed by atoms with Crippen LogP contribution in [-0.4, -0.2) is 35.1 Å². The molecular formula is C13H22ClN5. The van der Waals surface area contributed by atoms with Crippen LogP contribution in [0, 0.1) is 11.8 Å². The number of nitrogens with one attached hydrogen (secondary N) is 1. The lowest BCUT2D eigenvalue weighted by Crippen LogP contribution is -2.26. The molecule has 2 rings (SSSR count). The second-order valence-electron chi connectivity index (χ2n) is 5.48. The molecule has 0 spiro atoms. The molecule has 3 atom stereocenters. The van der Waals surface area contributed by atoms with E-state index in [1.54, 1.807) is 0 Å². The normalized spacial score (nSPS) is 26.5. The highest BCUT2D eigenvalue weighted by Crippen LogP contribution is 2.35. The summed E-state index contributed by atoms with van der Waals surface area (Å²) in [6.07, 6.45) is 3.68. The molecule has 1 fully saturated rings. The predicted molar refractivity (Wildman–Crippen MR) is 78.8 cm³/mol. The van der Waals surface area contributed by atoms with Gasteiger partial charge in [0.05, 0.1) is 0 Å². The van der Waals surface area contributed by atoms with E-state index in [2.05, 4.69) is 34.1 Å². The third kappa shape index (κ3) is 3.26. The van der Waals surface area contributed by atoms with Crippen molar-refractivity contribution in [2.45, 2.75) is 39.2 Å². The van der Waals surface area contributed by atoms with Crippen molar-refractivity contribution in [2.24, 2.45) is 11.8 Å². The van der Waals surface area contributed by atoms with E-state index in [9.17, 15) is 0 Å². The molecule has 0 saturated heterocycles. The summed E-state index contributed by atoms with van der Waals surface area (Å²) in [7, 11) is 3.78. The predicted octanol–water partition coefficient (Wildman–Crippen LogP) is 2.83. The van der Waals surface area contributed by atoms with E-state index in [0.29, 0.717) is 23.9 Å². The van der Waals surface area contributed by atoms with Crippen molar-refractivity contribution < 1.29 is 0 Å². The van der Waals surface area contributed by atoms with E-state index < -0.39 is 0 Å². The van der Waals surface area contributed by atoms with Crippen LogP contribution in [0.5, 0.6) is 0 Å². The summed E-state index contributed by atoms with van der Waals surface area (Å²) < 4.78 is 0. The maximum absolute atomic E-state index is 5.94. The average molecular weight is 284 g/mol. The summed E-state index contributed by atoms with van der Waals surface area (Å²) >= 11 is 5.94. The summed E-state index contributed by atoms with van der Waals surface area (Å²) in [5.74, 6) is 2.60. The molecule has 1 aliphatic carbocycles. The van der Waals surface area contributed by atoms with Crippen LogP contribution < -0.4 is 10.2 Å². The van der Waals surface area contributed by atoms with Crippen LogP contribution in [0.3, 0.4) is 0 Å². The van der Waals surface area contributed by atoms with Crippen molar-refractivity contribution in [1.29, 1.82) is 0 Å². The molecule has 1 saturated carbocycles. The molecule has 1 aromatic rings. The van der Waals surface area contributed by atoms with Crippen molar-refractivity contribution in [3.8, 4) is 0 Å². The van der Waals surface area contributed by atoms with Gasteiger partial charge < -0.3 is 10.2 Å². The van der Waals surface area contributed by atoms with Crippen LogP contribution in [0.1, 0.15) is 33.1 Å². The molecule has 6 heteroatoms. The Morgan fingerprint density at radius 1 is 1.26 bits per heavy atom. The van der Waals surface area contributed by atoms with Gasteiger partial charge >= 0.3 is 0 Å². The Kier molecular flexibility index (Phi) is 4.45. The number of anilines is 2. The van der Waals surface area contributed by atoms with Gasteiger partial charge in [-0.25, -0.2) is 0 Å². The zero-order valence-corrected chi connectivity index (χ0v) is 12.8. The quantitative estimate of drug-likeness (QED) is 0.921. The minimum Gasteiger partial charge on any atom is -0.351 e. The van der Waals surface area contributed by atoms with Crippen LogP contribution in [0.4, 0.5) is 11.9 Å². The van der Waals surface area contributed by atoms with E-state index in [4.69, 9.17) is 11.6 Å². The molecule has 1 aliphatic rings. The van der Waals surface area contributed by atoms with Gasteiger partial charge in [-0.2, -0.15) is 15.0 Å². The molecule has 1 N–H and O–H groups in total. The fourth-order valence-electron chi connectivity index (χ4n) is 2.80. The summed E-state index contributed by atoms with van der Waals surface area (Å²) in [5.41, 5.74) is 0. The van der Waals surface area contributed by atoms with Gasteiger partial charge in [0.25, 0.3) is 0 Å². The van der Waals surface area contributed by atoms with Crippen molar-refractivity contribution in [3.05, 3.63) is 5.28 Å². The molecule has 0 amide bonds. The van der Waals surface area contributed by atoms with Crippen molar-refractivity contribution in [3.63, 3.8) is 0 Å². The van der Waals surface area contributed by atoms with Gasteiger partial charge in [-0.3, -0.25) is 0 Å². The third-order valence-electron chi connectivity index (χ3n) is 4.06. The largest absolute Gasteiger partial charge is 0.351 e. The first-order chi connectivity index (χ1) is 9.01.